The van der Waals surface area contributed by atoms with Crippen molar-refractivity contribution in [3.63, 3.8) is 0 Å². The van der Waals surface area contributed by atoms with Crippen molar-refractivity contribution in [2.24, 2.45) is 0 Å². The molecule has 84 valence electrons. The summed E-state index contributed by atoms with van der Waals surface area (Å²) in [5.74, 6) is -1.79. The number of fused-ring (bicyclic) bond motifs is 2. The largest absolute Gasteiger partial charge is 0.421 e. The number of nitrogens with two attached hydrogens (primary N) is 1. The third-order valence-corrected chi connectivity index (χ3v) is 1.89. The van der Waals surface area contributed by atoms with Crippen LogP contribution >= 0.6 is 0 Å². The lowest BCUT2D eigenvalue weighted by atomic mass is 10.3. The highest BCUT2D eigenvalue weighted by atomic mass is 16.7. The molecule has 0 amide bonds. The van der Waals surface area contributed by atoms with E-state index in [1.54, 1.807) is 0 Å². The van der Waals surface area contributed by atoms with Gasteiger partial charge in [-0.3, -0.25) is 4.79 Å². The van der Waals surface area contributed by atoms with Crippen molar-refractivity contribution in [1.82, 2.24) is 9.71 Å². The van der Waals surface area contributed by atoms with E-state index in [4.69, 9.17) is 10.5 Å². The maximum Gasteiger partial charge on any atom is 0.383 e. The fourth-order valence-electron chi connectivity index (χ4n) is 1.13. The molecule has 0 aliphatic carbocycles. The van der Waals surface area contributed by atoms with Gasteiger partial charge in [-0.15, -0.1) is 0 Å². The Morgan fingerprint density at radius 3 is 2.69 bits per heavy atom. The predicted octanol–water partition coefficient (Wildman–Crippen LogP) is -1.52. The maximum absolute atomic E-state index is 11.2. The fourth-order valence-corrected chi connectivity index (χ4v) is 1.13. The lowest BCUT2D eigenvalue weighted by molar-refractivity contribution is -0.146. The number of nitrogen functional groups attached to an aromatic ring is 1. The minimum absolute atomic E-state index is 0.112. The fraction of sp³-hybridized carbons (Fsp3) is 0.250. The lowest BCUT2D eigenvalue weighted by Gasteiger charge is -2.08. The van der Waals surface area contributed by atoms with Crippen molar-refractivity contribution in [3.8, 4) is 5.75 Å². The lowest BCUT2D eigenvalue weighted by Crippen LogP contribution is -2.33. The Kier molecular flexibility index (Phi) is 2.31. The van der Waals surface area contributed by atoms with Crippen LogP contribution in [0.2, 0.25) is 0 Å². The molecular weight excluding hydrogens is 218 g/mol. The molecule has 2 heterocycles. The average molecular weight is 225 g/mol. The van der Waals surface area contributed by atoms with E-state index >= 15 is 0 Å². The minimum atomic E-state index is -0.854. The molecule has 0 spiro atoms. The number of hydrogen-bond acceptors (Lipinski definition) is 7. The van der Waals surface area contributed by atoms with E-state index in [0.29, 0.717) is 4.73 Å². The van der Waals surface area contributed by atoms with Crippen LogP contribution < -0.4 is 21.0 Å². The van der Waals surface area contributed by atoms with Crippen LogP contribution in [0.1, 0.15) is 12.8 Å². The molecule has 0 aromatic carbocycles. The summed E-state index contributed by atoms with van der Waals surface area (Å²) in [6, 6.07) is 0. The van der Waals surface area contributed by atoms with Crippen LogP contribution in [0.15, 0.2) is 11.0 Å². The minimum Gasteiger partial charge on any atom is -0.421 e. The molecule has 0 saturated heterocycles. The molecule has 8 nitrogen and oxygen atoms in total. The molecule has 0 saturated carbocycles. The molecule has 1 aliphatic heterocycles. The summed E-state index contributed by atoms with van der Waals surface area (Å²) in [6.07, 6.45) is 0.667. The molecule has 1 aromatic rings. The Hall–Kier alpha value is -2.38. The summed E-state index contributed by atoms with van der Waals surface area (Å²) in [5.41, 5.74) is 4.62. The van der Waals surface area contributed by atoms with Crippen LogP contribution in [0.25, 0.3) is 0 Å². The van der Waals surface area contributed by atoms with Crippen molar-refractivity contribution in [2.75, 3.05) is 5.73 Å². The predicted molar refractivity (Wildman–Crippen MR) is 49.4 cm³/mol. The zero-order valence-electron chi connectivity index (χ0n) is 8.00. The zero-order chi connectivity index (χ0) is 11.7. The molecule has 0 atom stereocenters. The number of anilines is 1. The molecule has 2 rings (SSSR count). The number of esters is 1. The number of rotatable bonds is 0. The number of hydrogen-bond donors (Lipinski definition) is 1. The first-order chi connectivity index (χ1) is 7.58. The van der Waals surface area contributed by atoms with Gasteiger partial charge in [0, 0.05) is 0 Å². The van der Waals surface area contributed by atoms with Gasteiger partial charge in [0.1, 0.15) is 0 Å². The molecule has 0 unspecified atom stereocenters. The highest BCUT2D eigenvalue weighted by Gasteiger charge is 2.20. The Bertz CT molecular complexity index is 521. The van der Waals surface area contributed by atoms with E-state index in [1.807, 2.05) is 0 Å². The highest BCUT2D eigenvalue weighted by Crippen LogP contribution is 2.18. The van der Waals surface area contributed by atoms with Gasteiger partial charge < -0.3 is 15.3 Å². The van der Waals surface area contributed by atoms with Crippen LogP contribution in [0, 0.1) is 0 Å². The van der Waals surface area contributed by atoms with Crippen LogP contribution in [0.3, 0.4) is 0 Å². The number of nitrogens with zero attached hydrogens (tertiary/aromatic N) is 2. The Balaban J connectivity index is 2.57. The van der Waals surface area contributed by atoms with E-state index < -0.39 is 17.6 Å². The molecule has 1 aliphatic rings. The van der Waals surface area contributed by atoms with Gasteiger partial charge in [-0.2, -0.15) is 4.98 Å². The van der Waals surface area contributed by atoms with E-state index in [0.717, 1.165) is 6.20 Å². The third kappa shape index (κ3) is 1.72. The summed E-state index contributed by atoms with van der Waals surface area (Å²) in [6.45, 7) is 0. The quantitative estimate of drug-likeness (QED) is 0.533. The average Bonchev–Trinajstić information content (AvgIpc) is 2.27. The molecule has 1 aromatic heterocycles. The van der Waals surface area contributed by atoms with Gasteiger partial charge in [-0.1, -0.05) is 4.73 Å². The molecule has 0 fully saturated rings. The second kappa shape index (κ2) is 3.65. The highest BCUT2D eigenvalue weighted by molar-refractivity contribution is 5.80. The normalized spacial score (nSPS) is 15.5. The van der Waals surface area contributed by atoms with Gasteiger partial charge in [0.15, 0.2) is 11.6 Å². The Labute approximate surface area is 88.5 Å². The van der Waals surface area contributed by atoms with Crippen molar-refractivity contribution >= 4 is 17.8 Å². The van der Waals surface area contributed by atoms with Crippen LogP contribution in [-0.2, 0) is 9.59 Å². The third-order valence-electron chi connectivity index (χ3n) is 1.89. The number of aromatic nitrogens is 2. The maximum atomic E-state index is 11.2. The molecule has 16 heavy (non-hydrogen) atoms. The number of carbonyl (C=O) groups is 2. The van der Waals surface area contributed by atoms with Gasteiger partial charge in [0.05, 0.1) is 19.0 Å². The first kappa shape index (κ1) is 10.1. The van der Waals surface area contributed by atoms with Gasteiger partial charge in [-0.05, 0) is 0 Å². The van der Waals surface area contributed by atoms with Crippen molar-refractivity contribution in [2.45, 2.75) is 12.8 Å². The summed E-state index contributed by atoms with van der Waals surface area (Å²) in [5, 5.41) is 0. The van der Waals surface area contributed by atoms with E-state index in [1.165, 1.54) is 0 Å². The summed E-state index contributed by atoms with van der Waals surface area (Å²) >= 11 is 0. The first-order valence-corrected chi connectivity index (χ1v) is 4.37. The van der Waals surface area contributed by atoms with E-state index in [9.17, 15) is 14.4 Å². The summed E-state index contributed by atoms with van der Waals surface area (Å²) in [4.78, 5) is 41.5. The molecule has 0 radical (unpaired) electrons. The molecule has 2 bridgehead atoms. The number of ether oxygens (including phenoxy) is 1. The topological polar surface area (TPSA) is 114 Å². The van der Waals surface area contributed by atoms with E-state index in [2.05, 4.69) is 9.82 Å². The molecule has 8 heteroatoms. The van der Waals surface area contributed by atoms with Gasteiger partial charge in [-0.25, -0.2) is 9.59 Å². The monoisotopic (exact) mass is 225 g/mol. The molecular formula is C8H7N3O5. The van der Waals surface area contributed by atoms with Crippen LogP contribution in [0.5, 0.6) is 5.75 Å². The summed E-state index contributed by atoms with van der Waals surface area (Å²) < 4.78 is 5.29. The Morgan fingerprint density at radius 1 is 1.25 bits per heavy atom. The Morgan fingerprint density at radius 2 is 1.94 bits per heavy atom. The van der Waals surface area contributed by atoms with Crippen LogP contribution in [-0.4, -0.2) is 21.7 Å². The molecule has 2 N–H and O–H groups in total. The second-order valence-corrected chi connectivity index (χ2v) is 3.02. The first-order valence-electron chi connectivity index (χ1n) is 4.37. The smallest absolute Gasteiger partial charge is 0.383 e. The van der Waals surface area contributed by atoms with Gasteiger partial charge in [0.25, 0.3) is 0 Å². The van der Waals surface area contributed by atoms with Gasteiger partial charge in [0.2, 0.25) is 0 Å². The number of carbonyl (C=O) groups excluding carboxylic acids is 2. The second-order valence-electron chi connectivity index (χ2n) is 3.02. The zero-order valence-corrected chi connectivity index (χ0v) is 8.00. The van der Waals surface area contributed by atoms with E-state index in [-0.39, 0.29) is 24.4 Å². The van der Waals surface area contributed by atoms with Crippen molar-refractivity contribution in [1.29, 1.82) is 0 Å². The SMILES string of the molecule is Nc1c2cnc(=O)n1OC(=O)CCC(=O)O2. The van der Waals surface area contributed by atoms with Gasteiger partial charge >= 0.3 is 17.6 Å². The van der Waals surface area contributed by atoms with Crippen molar-refractivity contribution in [3.05, 3.63) is 16.7 Å². The standard InChI is InChI=1S/C8H7N3O5/c9-7-4-3-10-8(14)11(7)16-6(13)2-1-5(12)15-4/h3H,1-2,9H2. The van der Waals surface area contributed by atoms with Crippen molar-refractivity contribution < 1.29 is 19.2 Å². The van der Waals surface area contributed by atoms with Crippen LogP contribution in [0.4, 0.5) is 5.82 Å². The summed E-state index contributed by atoms with van der Waals surface area (Å²) in [7, 11) is 0.